The van der Waals surface area contributed by atoms with Gasteiger partial charge in [0.2, 0.25) is 0 Å². The van der Waals surface area contributed by atoms with Crippen molar-refractivity contribution in [3.63, 3.8) is 0 Å². The number of pyridine rings is 1. The summed E-state index contributed by atoms with van der Waals surface area (Å²) in [6.07, 6.45) is 0. The molecule has 0 saturated carbocycles. The van der Waals surface area contributed by atoms with Crippen molar-refractivity contribution in [2.75, 3.05) is 0 Å². The molecule has 0 unspecified atom stereocenters. The number of benzene rings is 2. The molecule has 0 aliphatic rings. The van der Waals surface area contributed by atoms with E-state index < -0.39 is 0 Å². The van der Waals surface area contributed by atoms with Crippen molar-refractivity contribution in [2.45, 2.75) is 0 Å². The molecule has 0 N–H and O–H groups in total. The number of para-hydroxylation sites is 2. The molecule has 106 valence electrons. The van der Waals surface area contributed by atoms with Crippen LogP contribution in [0.4, 0.5) is 0 Å². The minimum atomic E-state index is -0.356. The Morgan fingerprint density at radius 1 is 0.727 bits per heavy atom. The van der Waals surface area contributed by atoms with Gasteiger partial charge in [0.05, 0.1) is 16.7 Å². The minimum absolute atomic E-state index is 0.327. The second-order valence-electron chi connectivity index (χ2n) is 5.09. The smallest absolute Gasteiger partial charge is 0.269 e. The first kappa shape index (κ1) is 12.6. The van der Waals surface area contributed by atoms with Crippen molar-refractivity contribution in [1.29, 1.82) is 0 Å². The van der Waals surface area contributed by atoms with Crippen molar-refractivity contribution < 1.29 is 0 Å². The molecular weight excluding hydrogens is 276 g/mol. The summed E-state index contributed by atoms with van der Waals surface area (Å²) in [7, 11) is 0. The molecule has 0 bridgehead atoms. The highest BCUT2D eigenvalue weighted by Crippen LogP contribution is 2.14. The SMILES string of the molecule is O=c1cc2ccc3ccccc3n2c(=O)n1-c1ccccc1. The third kappa shape index (κ3) is 1.78. The highest BCUT2D eigenvalue weighted by Gasteiger charge is 2.10. The Balaban J connectivity index is 2.23. The maximum atomic E-state index is 12.9. The van der Waals surface area contributed by atoms with Gasteiger partial charge in [-0.1, -0.05) is 42.5 Å². The Bertz CT molecular complexity index is 1110. The van der Waals surface area contributed by atoms with Crippen molar-refractivity contribution >= 4 is 16.4 Å². The molecule has 2 heterocycles. The summed E-state index contributed by atoms with van der Waals surface area (Å²) in [5.74, 6) is 0. The first-order valence-electron chi connectivity index (χ1n) is 6.98. The number of fused-ring (bicyclic) bond motifs is 3. The average molecular weight is 288 g/mol. The van der Waals surface area contributed by atoms with E-state index in [1.54, 1.807) is 34.7 Å². The summed E-state index contributed by atoms with van der Waals surface area (Å²) in [6, 6.07) is 21.8. The monoisotopic (exact) mass is 288 g/mol. The van der Waals surface area contributed by atoms with Crippen LogP contribution in [0.25, 0.3) is 22.1 Å². The molecule has 4 aromatic rings. The Morgan fingerprint density at radius 2 is 1.45 bits per heavy atom. The van der Waals surface area contributed by atoms with Gasteiger partial charge in [-0.2, -0.15) is 0 Å². The highest BCUT2D eigenvalue weighted by atomic mass is 16.2. The van der Waals surface area contributed by atoms with Gasteiger partial charge in [-0.15, -0.1) is 0 Å². The number of aromatic nitrogens is 2. The van der Waals surface area contributed by atoms with Gasteiger partial charge in [-0.3, -0.25) is 9.20 Å². The summed E-state index contributed by atoms with van der Waals surface area (Å²) < 4.78 is 2.77. The lowest BCUT2D eigenvalue weighted by molar-refractivity contribution is 0.859. The summed E-state index contributed by atoms with van der Waals surface area (Å²) in [6.45, 7) is 0. The molecule has 22 heavy (non-hydrogen) atoms. The van der Waals surface area contributed by atoms with Gasteiger partial charge < -0.3 is 0 Å². The molecule has 0 aliphatic carbocycles. The third-order valence-corrected chi connectivity index (χ3v) is 3.76. The lowest BCUT2D eigenvalue weighted by atomic mass is 10.2. The molecule has 4 rings (SSSR count). The van der Waals surface area contributed by atoms with E-state index in [-0.39, 0.29) is 11.2 Å². The zero-order valence-electron chi connectivity index (χ0n) is 11.6. The zero-order chi connectivity index (χ0) is 15.1. The molecule has 0 amide bonds. The van der Waals surface area contributed by atoms with Gasteiger partial charge in [0.1, 0.15) is 0 Å². The maximum Gasteiger partial charge on any atom is 0.340 e. The van der Waals surface area contributed by atoms with E-state index in [1.165, 1.54) is 10.6 Å². The quantitative estimate of drug-likeness (QED) is 0.505. The first-order chi connectivity index (χ1) is 10.8. The maximum absolute atomic E-state index is 12.9. The molecule has 0 atom stereocenters. The van der Waals surface area contributed by atoms with Crippen LogP contribution in [0.3, 0.4) is 0 Å². The predicted octanol–water partition coefficient (Wildman–Crippen LogP) is 2.60. The molecule has 0 radical (unpaired) electrons. The van der Waals surface area contributed by atoms with Crippen LogP contribution in [0.15, 0.2) is 82.4 Å². The summed E-state index contributed by atoms with van der Waals surface area (Å²) >= 11 is 0. The Labute approximate surface area is 125 Å². The van der Waals surface area contributed by atoms with E-state index in [0.717, 1.165) is 10.9 Å². The van der Waals surface area contributed by atoms with Crippen molar-refractivity contribution in [1.82, 2.24) is 8.97 Å². The molecule has 2 aromatic carbocycles. The molecule has 4 heteroatoms. The summed E-state index contributed by atoms with van der Waals surface area (Å²) in [4.78, 5) is 25.2. The van der Waals surface area contributed by atoms with Gasteiger partial charge in [0.25, 0.3) is 5.56 Å². The van der Waals surface area contributed by atoms with Crippen LogP contribution in [-0.2, 0) is 0 Å². The van der Waals surface area contributed by atoms with Crippen LogP contribution >= 0.6 is 0 Å². The van der Waals surface area contributed by atoms with E-state index in [0.29, 0.717) is 11.2 Å². The topological polar surface area (TPSA) is 43.5 Å². The molecule has 0 spiro atoms. The Hall–Kier alpha value is -3.14. The van der Waals surface area contributed by atoms with Gasteiger partial charge in [0.15, 0.2) is 0 Å². The average Bonchev–Trinajstić information content (AvgIpc) is 2.55. The largest absolute Gasteiger partial charge is 0.340 e. The fraction of sp³-hybridized carbons (Fsp3) is 0. The van der Waals surface area contributed by atoms with Gasteiger partial charge in [-0.05, 0) is 29.7 Å². The number of rotatable bonds is 1. The van der Waals surface area contributed by atoms with Crippen LogP contribution in [-0.4, -0.2) is 8.97 Å². The summed E-state index contributed by atoms with van der Waals surface area (Å²) in [5.41, 5.74) is 1.27. The van der Waals surface area contributed by atoms with Crippen LogP contribution in [0.2, 0.25) is 0 Å². The van der Waals surface area contributed by atoms with Gasteiger partial charge in [0, 0.05) is 6.07 Å². The molecule has 2 aromatic heterocycles. The third-order valence-electron chi connectivity index (χ3n) is 3.76. The lowest BCUT2D eigenvalue weighted by Gasteiger charge is -2.10. The number of hydrogen-bond donors (Lipinski definition) is 0. The van der Waals surface area contributed by atoms with E-state index in [2.05, 4.69) is 0 Å². The van der Waals surface area contributed by atoms with Crippen LogP contribution in [0, 0.1) is 0 Å². The molecule has 4 nitrogen and oxygen atoms in total. The standard InChI is InChI=1S/C18H12N2O2/c21-17-12-15-11-10-13-6-4-5-9-16(13)19(15)18(22)20(17)14-7-2-1-3-8-14/h1-12H. The van der Waals surface area contributed by atoms with Crippen LogP contribution in [0.5, 0.6) is 0 Å². The van der Waals surface area contributed by atoms with E-state index in [9.17, 15) is 9.59 Å². The number of hydrogen-bond acceptors (Lipinski definition) is 2. The fourth-order valence-electron chi connectivity index (χ4n) is 2.75. The molecular formula is C18H12N2O2. The van der Waals surface area contributed by atoms with E-state index in [4.69, 9.17) is 0 Å². The molecule has 0 fully saturated rings. The van der Waals surface area contributed by atoms with Crippen molar-refractivity contribution in [3.8, 4) is 5.69 Å². The van der Waals surface area contributed by atoms with Gasteiger partial charge >= 0.3 is 5.69 Å². The molecule has 0 aliphatic heterocycles. The second kappa shape index (κ2) is 4.70. The van der Waals surface area contributed by atoms with Gasteiger partial charge in [-0.25, -0.2) is 9.36 Å². The predicted molar refractivity (Wildman–Crippen MR) is 86.8 cm³/mol. The van der Waals surface area contributed by atoms with Crippen molar-refractivity contribution in [3.05, 3.63) is 93.6 Å². The number of nitrogens with zero attached hydrogens (tertiary/aromatic N) is 2. The Kier molecular flexibility index (Phi) is 2.69. The first-order valence-corrected chi connectivity index (χ1v) is 6.98. The van der Waals surface area contributed by atoms with Crippen molar-refractivity contribution in [2.24, 2.45) is 0 Å². The second-order valence-corrected chi connectivity index (χ2v) is 5.09. The Morgan fingerprint density at radius 3 is 2.27 bits per heavy atom. The van der Waals surface area contributed by atoms with Crippen LogP contribution < -0.4 is 11.2 Å². The highest BCUT2D eigenvalue weighted by molar-refractivity contribution is 5.82. The zero-order valence-corrected chi connectivity index (χ0v) is 11.6. The normalized spacial score (nSPS) is 11.1. The van der Waals surface area contributed by atoms with Crippen LogP contribution in [0.1, 0.15) is 0 Å². The summed E-state index contributed by atoms with van der Waals surface area (Å²) in [5, 5.41) is 0.954. The molecule has 0 saturated heterocycles. The minimum Gasteiger partial charge on any atom is -0.269 e. The van der Waals surface area contributed by atoms with E-state index in [1.807, 2.05) is 36.4 Å². The fourth-order valence-corrected chi connectivity index (χ4v) is 2.75. The lowest BCUT2D eigenvalue weighted by Crippen LogP contribution is -2.35. The van der Waals surface area contributed by atoms with E-state index >= 15 is 0 Å².